The van der Waals surface area contributed by atoms with Crippen LogP contribution in [-0.2, 0) is 18.3 Å². The van der Waals surface area contributed by atoms with E-state index in [-0.39, 0.29) is 17.7 Å². The summed E-state index contributed by atoms with van der Waals surface area (Å²) in [6, 6.07) is 13.6. The fourth-order valence-corrected chi connectivity index (χ4v) is 3.80. The van der Waals surface area contributed by atoms with Gasteiger partial charge in [-0.05, 0) is 48.2 Å². The number of nitrogens with zero attached hydrogens (tertiary/aromatic N) is 1. The first-order valence-electron chi connectivity index (χ1n) is 9.99. The molecular formula is C22H26N4O3. The zero-order valence-electron chi connectivity index (χ0n) is 16.5. The lowest BCUT2D eigenvalue weighted by molar-refractivity contribution is -0.124. The summed E-state index contributed by atoms with van der Waals surface area (Å²) in [5, 5.41) is 6.14. The Kier molecular flexibility index (Phi) is 5.51. The van der Waals surface area contributed by atoms with Gasteiger partial charge in [-0.15, -0.1) is 0 Å². The summed E-state index contributed by atoms with van der Waals surface area (Å²) in [7, 11) is 1.69. The van der Waals surface area contributed by atoms with Gasteiger partial charge in [-0.25, -0.2) is 4.79 Å². The van der Waals surface area contributed by atoms with Gasteiger partial charge in [-0.1, -0.05) is 36.8 Å². The minimum Gasteiger partial charge on any atom is -0.408 e. The van der Waals surface area contributed by atoms with Gasteiger partial charge in [0.15, 0.2) is 5.58 Å². The molecule has 152 valence electrons. The van der Waals surface area contributed by atoms with Gasteiger partial charge in [0.25, 0.3) is 0 Å². The van der Waals surface area contributed by atoms with Crippen molar-refractivity contribution in [3.63, 3.8) is 0 Å². The summed E-state index contributed by atoms with van der Waals surface area (Å²) in [6.07, 6.45) is 3.19. The Morgan fingerprint density at radius 2 is 2.00 bits per heavy atom. The number of benzene rings is 2. The molecule has 2 atom stereocenters. The highest BCUT2D eigenvalue weighted by Gasteiger charge is 2.21. The lowest BCUT2D eigenvalue weighted by Gasteiger charge is -2.24. The molecule has 1 saturated heterocycles. The van der Waals surface area contributed by atoms with E-state index in [1.54, 1.807) is 7.05 Å². The molecular weight excluding hydrogens is 368 g/mol. The fourth-order valence-electron chi connectivity index (χ4n) is 3.80. The SMILES string of the molecule is Cn1c(=O)oc2ccc(-c3ccc(C[C@@H](N)NC(=O)[C@@H]4CCCCN4)cc3)cc21. The van der Waals surface area contributed by atoms with Gasteiger partial charge in [-0.2, -0.15) is 0 Å². The van der Waals surface area contributed by atoms with E-state index in [2.05, 4.69) is 10.6 Å². The van der Waals surface area contributed by atoms with E-state index < -0.39 is 6.17 Å². The Morgan fingerprint density at radius 1 is 1.24 bits per heavy atom. The Labute approximate surface area is 168 Å². The van der Waals surface area contributed by atoms with E-state index in [1.807, 2.05) is 42.5 Å². The minimum absolute atomic E-state index is 0.0205. The minimum atomic E-state index is -0.422. The van der Waals surface area contributed by atoms with Crippen LogP contribution in [0, 0.1) is 0 Å². The summed E-state index contributed by atoms with van der Waals surface area (Å²) in [4.78, 5) is 24.0. The second-order valence-electron chi connectivity index (χ2n) is 7.63. The van der Waals surface area contributed by atoms with Gasteiger partial charge in [-0.3, -0.25) is 9.36 Å². The van der Waals surface area contributed by atoms with E-state index >= 15 is 0 Å². The molecule has 1 aromatic heterocycles. The molecule has 2 heterocycles. The van der Waals surface area contributed by atoms with Crippen molar-refractivity contribution in [2.75, 3.05) is 6.54 Å². The molecule has 4 rings (SSSR count). The van der Waals surface area contributed by atoms with Crippen LogP contribution in [0.2, 0.25) is 0 Å². The Balaban J connectivity index is 1.41. The van der Waals surface area contributed by atoms with Crippen LogP contribution in [0.4, 0.5) is 0 Å². The molecule has 0 unspecified atom stereocenters. The lowest BCUT2D eigenvalue weighted by atomic mass is 10.0. The number of hydrogen-bond acceptors (Lipinski definition) is 5. The van der Waals surface area contributed by atoms with Crippen molar-refractivity contribution in [3.05, 3.63) is 58.6 Å². The van der Waals surface area contributed by atoms with Crippen molar-refractivity contribution >= 4 is 17.0 Å². The first-order chi connectivity index (χ1) is 14.0. The molecule has 29 heavy (non-hydrogen) atoms. The number of nitrogens with two attached hydrogens (primary N) is 1. The van der Waals surface area contributed by atoms with Gasteiger partial charge < -0.3 is 20.8 Å². The van der Waals surface area contributed by atoms with Crippen molar-refractivity contribution in [2.24, 2.45) is 12.8 Å². The highest BCUT2D eigenvalue weighted by atomic mass is 16.4. The number of carbonyl (C=O) groups excluding carboxylic acids is 1. The van der Waals surface area contributed by atoms with Crippen LogP contribution in [-0.4, -0.2) is 29.2 Å². The van der Waals surface area contributed by atoms with Crippen LogP contribution >= 0.6 is 0 Å². The van der Waals surface area contributed by atoms with Crippen LogP contribution < -0.4 is 22.1 Å². The summed E-state index contributed by atoms with van der Waals surface area (Å²) < 4.78 is 6.68. The number of aryl methyl sites for hydroxylation is 1. The maximum Gasteiger partial charge on any atom is 0.419 e. The van der Waals surface area contributed by atoms with E-state index in [4.69, 9.17) is 10.2 Å². The largest absolute Gasteiger partial charge is 0.419 e. The predicted octanol–water partition coefficient (Wildman–Crippen LogP) is 1.88. The number of oxazole rings is 1. The fraction of sp³-hybridized carbons (Fsp3) is 0.364. The first kappa shape index (κ1) is 19.4. The number of hydrogen-bond donors (Lipinski definition) is 3. The number of nitrogens with one attached hydrogen (secondary N) is 2. The molecule has 0 saturated carbocycles. The van der Waals surface area contributed by atoms with Gasteiger partial charge in [0.2, 0.25) is 5.91 Å². The quantitative estimate of drug-likeness (QED) is 0.574. The third-order valence-corrected chi connectivity index (χ3v) is 5.49. The maximum atomic E-state index is 12.3. The van der Waals surface area contributed by atoms with Gasteiger partial charge in [0.05, 0.1) is 17.7 Å². The number of rotatable bonds is 5. The number of fused-ring (bicyclic) bond motifs is 1. The summed E-state index contributed by atoms with van der Waals surface area (Å²) in [6.45, 7) is 0.882. The molecule has 0 spiro atoms. The number of piperidine rings is 1. The number of amides is 1. The Morgan fingerprint density at radius 3 is 2.72 bits per heavy atom. The highest BCUT2D eigenvalue weighted by molar-refractivity contribution is 5.82. The molecule has 4 N–H and O–H groups in total. The molecule has 0 bridgehead atoms. The second-order valence-corrected chi connectivity index (χ2v) is 7.63. The lowest BCUT2D eigenvalue weighted by Crippen LogP contribution is -2.52. The van der Waals surface area contributed by atoms with Crippen LogP contribution in [0.3, 0.4) is 0 Å². The average molecular weight is 394 g/mol. The molecule has 1 amide bonds. The zero-order valence-corrected chi connectivity index (χ0v) is 16.5. The summed E-state index contributed by atoms with van der Waals surface area (Å²) >= 11 is 0. The number of carbonyl (C=O) groups is 1. The van der Waals surface area contributed by atoms with Gasteiger partial charge in [0.1, 0.15) is 0 Å². The van der Waals surface area contributed by atoms with Crippen molar-refractivity contribution < 1.29 is 9.21 Å². The van der Waals surface area contributed by atoms with E-state index in [9.17, 15) is 9.59 Å². The third-order valence-electron chi connectivity index (χ3n) is 5.49. The van der Waals surface area contributed by atoms with E-state index in [1.165, 1.54) is 4.57 Å². The van der Waals surface area contributed by atoms with Gasteiger partial charge in [0, 0.05) is 13.5 Å². The van der Waals surface area contributed by atoms with Crippen LogP contribution in [0.25, 0.3) is 22.2 Å². The predicted molar refractivity (Wildman–Crippen MR) is 112 cm³/mol. The van der Waals surface area contributed by atoms with E-state index in [0.717, 1.165) is 48.0 Å². The molecule has 2 aromatic carbocycles. The molecule has 7 nitrogen and oxygen atoms in total. The molecule has 1 fully saturated rings. The summed E-state index contributed by atoms with van der Waals surface area (Å²) in [5.41, 5.74) is 10.6. The van der Waals surface area contributed by atoms with E-state index in [0.29, 0.717) is 12.0 Å². The van der Waals surface area contributed by atoms with Crippen molar-refractivity contribution in [3.8, 4) is 11.1 Å². The molecule has 1 aliphatic rings. The van der Waals surface area contributed by atoms with Crippen LogP contribution in [0.1, 0.15) is 24.8 Å². The molecule has 7 heteroatoms. The third kappa shape index (κ3) is 4.26. The number of aromatic nitrogens is 1. The smallest absolute Gasteiger partial charge is 0.408 e. The van der Waals surface area contributed by atoms with Crippen LogP contribution in [0.5, 0.6) is 0 Å². The Bertz CT molecular complexity index is 1060. The molecule has 0 radical (unpaired) electrons. The Hall–Kier alpha value is -2.90. The molecule has 0 aliphatic carbocycles. The monoisotopic (exact) mass is 394 g/mol. The van der Waals surface area contributed by atoms with Crippen molar-refractivity contribution in [2.45, 2.75) is 37.9 Å². The highest BCUT2D eigenvalue weighted by Crippen LogP contribution is 2.24. The van der Waals surface area contributed by atoms with Gasteiger partial charge >= 0.3 is 5.76 Å². The molecule has 1 aliphatic heterocycles. The second kappa shape index (κ2) is 8.23. The summed E-state index contributed by atoms with van der Waals surface area (Å²) in [5.74, 6) is -0.389. The topological polar surface area (TPSA) is 102 Å². The maximum absolute atomic E-state index is 12.3. The first-order valence-corrected chi connectivity index (χ1v) is 9.99. The normalized spacial score (nSPS) is 17.9. The van der Waals surface area contributed by atoms with Crippen molar-refractivity contribution in [1.82, 2.24) is 15.2 Å². The average Bonchev–Trinajstić information content (AvgIpc) is 3.02. The van der Waals surface area contributed by atoms with Crippen molar-refractivity contribution in [1.29, 1.82) is 0 Å². The van der Waals surface area contributed by atoms with Crippen LogP contribution in [0.15, 0.2) is 51.7 Å². The molecule has 3 aromatic rings. The standard InChI is InChI=1S/C22H26N4O3/c1-26-18-13-16(9-10-19(18)29-22(26)28)15-7-5-14(6-8-15)12-20(23)25-21(27)17-4-2-3-11-24-17/h5-10,13,17,20,24H,2-4,11-12,23H2,1H3,(H,25,27)/t17-,20-/m0/s1. The zero-order chi connectivity index (χ0) is 20.4.